The zero-order valence-corrected chi connectivity index (χ0v) is 21.4. The lowest BCUT2D eigenvalue weighted by Crippen LogP contribution is -2.53. The van der Waals surface area contributed by atoms with E-state index < -0.39 is 0 Å². The van der Waals surface area contributed by atoms with E-state index >= 15 is 0 Å². The van der Waals surface area contributed by atoms with Crippen LogP contribution in [0.4, 0.5) is 0 Å². The van der Waals surface area contributed by atoms with Gasteiger partial charge in [-0.3, -0.25) is 9.59 Å². The first kappa shape index (κ1) is 24.0. The lowest BCUT2D eigenvalue weighted by molar-refractivity contribution is -0.149. The molecule has 0 bridgehead atoms. The third-order valence-corrected chi connectivity index (χ3v) is 10.4. The van der Waals surface area contributed by atoms with Crippen LogP contribution in [0.15, 0.2) is 11.6 Å². The number of carbonyl (C=O) groups is 2. The fourth-order valence-electron chi connectivity index (χ4n) is 8.73. The third kappa shape index (κ3) is 4.11. The highest BCUT2D eigenvalue weighted by Crippen LogP contribution is 2.66. The van der Waals surface area contributed by atoms with Gasteiger partial charge in [0.15, 0.2) is 5.78 Å². The molecule has 0 unspecified atom stereocenters. The predicted octanol–water partition coefficient (Wildman–Crippen LogP) is 7.14. The molecule has 180 valence electrons. The second kappa shape index (κ2) is 8.91. The molecule has 4 rings (SSSR count). The molecular weight excluding hydrogens is 396 g/mol. The molecule has 4 aliphatic carbocycles. The van der Waals surface area contributed by atoms with Gasteiger partial charge in [0.1, 0.15) is 6.10 Å². The highest BCUT2D eigenvalue weighted by Gasteiger charge is 2.61. The van der Waals surface area contributed by atoms with Gasteiger partial charge in [-0.2, -0.15) is 0 Å². The minimum atomic E-state index is -0.202. The Labute approximate surface area is 196 Å². The second-order valence-electron chi connectivity index (χ2n) is 12.7. The van der Waals surface area contributed by atoms with Gasteiger partial charge in [-0.1, -0.05) is 59.5 Å². The van der Waals surface area contributed by atoms with Crippen LogP contribution in [0.5, 0.6) is 0 Å². The van der Waals surface area contributed by atoms with Crippen molar-refractivity contribution in [2.24, 2.45) is 46.3 Å². The van der Waals surface area contributed by atoms with Crippen LogP contribution < -0.4 is 0 Å². The van der Waals surface area contributed by atoms with Crippen molar-refractivity contribution in [1.82, 2.24) is 0 Å². The average Bonchev–Trinajstić information content (AvgIpc) is 3.05. The van der Waals surface area contributed by atoms with Gasteiger partial charge in [0.2, 0.25) is 0 Å². The van der Waals surface area contributed by atoms with Gasteiger partial charge in [0, 0.05) is 19.3 Å². The summed E-state index contributed by atoms with van der Waals surface area (Å²) in [6, 6.07) is 0. The number of ketones is 1. The summed E-state index contributed by atoms with van der Waals surface area (Å²) in [6.07, 6.45) is 13.7. The topological polar surface area (TPSA) is 43.4 Å². The molecule has 3 fully saturated rings. The lowest BCUT2D eigenvalue weighted by atomic mass is 9.46. The van der Waals surface area contributed by atoms with Crippen LogP contribution in [0, 0.1) is 46.3 Å². The van der Waals surface area contributed by atoms with Crippen molar-refractivity contribution in [2.75, 3.05) is 0 Å². The first-order valence-corrected chi connectivity index (χ1v) is 13.5. The highest BCUT2D eigenvalue weighted by atomic mass is 16.5. The second-order valence-corrected chi connectivity index (χ2v) is 12.7. The lowest BCUT2D eigenvalue weighted by Gasteiger charge is -2.57. The Morgan fingerprint density at radius 2 is 1.81 bits per heavy atom. The van der Waals surface area contributed by atoms with Crippen molar-refractivity contribution in [3.63, 3.8) is 0 Å². The average molecular weight is 443 g/mol. The maximum absolute atomic E-state index is 13.6. The van der Waals surface area contributed by atoms with Crippen LogP contribution in [0.2, 0.25) is 0 Å². The SMILES string of the molecule is CC(=O)O[C@H]1CC[C@@]2(C)C(=CC(=O)[C@H]3[C@@H]4CC[C@H]([C@H](C)CCCC(C)C)[C@@]4(C)CC[C@@H]32)C1. The van der Waals surface area contributed by atoms with Gasteiger partial charge in [0.05, 0.1) is 0 Å². The maximum atomic E-state index is 13.6. The Kier molecular flexibility index (Phi) is 6.69. The van der Waals surface area contributed by atoms with Crippen molar-refractivity contribution in [3.8, 4) is 0 Å². The molecular formula is C29H46O3. The smallest absolute Gasteiger partial charge is 0.302 e. The Hall–Kier alpha value is -1.12. The van der Waals surface area contributed by atoms with Gasteiger partial charge in [-0.15, -0.1) is 0 Å². The molecule has 0 radical (unpaired) electrons. The number of esters is 1. The van der Waals surface area contributed by atoms with Gasteiger partial charge < -0.3 is 4.74 Å². The molecule has 0 aliphatic heterocycles. The van der Waals surface area contributed by atoms with E-state index in [2.05, 4.69) is 34.6 Å². The van der Waals surface area contributed by atoms with E-state index in [-0.39, 0.29) is 23.4 Å². The number of hydrogen-bond donors (Lipinski definition) is 0. The summed E-state index contributed by atoms with van der Waals surface area (Å²) in [6.45, 7) is 13.6. The summed E-state index contributed by atoms with van der Waals surface area (Å²) in [5, 5.41) is 0. The molecule has 4 aliphatic rings. The fraction of sp³-hybridized carbons (Fsp3) is 0.862. The summed E-state index contributed by atoms with van der Waals surface area (Å²) in [5.41, 5.74) is 1.70. The van der Waals surface area contributed by atoms with Gasteiger partial charge in [-0.25, -0.2) is 0 Å². The van der Waals surface area contributed by atoms with Crippen LogP contribution in [0.1, 0.15) is 106 Å². The fourth-order valence-corrected chi connectivity index (χ4v) is 8.73. The molecule has 3 nitrogen and oxygen atoms in total. The number of rotatable bonds is 6. The highest BCUT2D eigenvalue weighted by molar-refractivity contribution is 5.94. The molecule has 3 heteroatoms. The van der Waals surface area contributed by atoms with Crippen LogP contribution in [-0.4, -0.2) is 17.9 Å². The third-order valence-electron chi connectivity index (χ3n) is 10.4. The zero-order chi connectivity index (χ0) is 23.3. The van der Waals surface area contributed by atoms with Crippen LogP contribution in [-0.2, 0) is 14.3 Å². The Morgan fingerprint density at radius 1 is 1.06 bits per heavy atom. The molecule has 0 aromatic rings. The minimum Gasteiger partial charge on any atom is -0.462 e. The summed E-state index contributed by atoms with van der Waals surface area (Å²) in [5.74, 6) is 3.74. The van der Waals surface area contributed by atoms with Crippen molar-refractivity contribution in [3.05, 3.63) is 11.6 Å². The zero-order valence-electron chi connectivity index (χ0n) is 21.4. The molecule has 3 saturated carbocycles. The van der Waals surface area contributed by atoms with E-state index in [1.54, 1.807) is 0 Å². The first-order chi connectivity index (χ1) is 15.1. The summed E-state index contributed by atoms with van der Waals surface area (Å²) in [4.78, 5) is 25.1. The number of allylic oxidation sites excluding steroid dienone is 1. The van der Waals surface area contributed by atoms with E-state index in [1.165, 1.54) is 57.4 Å². The van der Waals surface area contributed by atoms with Gasteiger partial charge in [0.25, 0.3) is 0 Å². The molecule has 32 heavy (non-hydrogen) atoms. The summed E-state index contributed by atoms with van der Waals surface area (Å²) in [7, 11) is 0. The number of hydrogen-bond acceptors (Lipinski definition) is 3. The molecule has 8 atom stereocenters. The monoisotopic (exact) mass is 442 g/mol. The Morgan fingerprint density at radius 3 is 2.50 bits per heavy atom. The Balaban J connectivity index is 1.52. The molecule has 0 heterocycles. The molecule has 0 saturated heterocycles. The van der Waals surface area contributed by atoms with Crippen LogP contribution in [0.3, 0.4) is 0 Å². The number of carbonyl (C=O) groups excluding carboxylic acids is 2. The van der Waals surface area contributed by atoms with Crippen LogP contribution in [0.25, 0.3) is 0 Å². The summed E-state index contributed by atoms with van der Waals surface area (Å²) < 4.78 is 5.54. The largest absolute Gasteiger partial charge is 0.462 e. The number of fused-ring (bicyclic) bond motifs is 5. The number of ether oxygens (including phenoxy) is 1. The first-order valence-electron chi connectivity index (χ1n) is 13.5. The van der Waals surface area contributed by atoms with Gasteiger partial charge in [-0.05, 0) is 85.0 Å². The van der Waals surface area contributed by atoms with Crippen molar-refractivity contribution in [2.45, 2.75) is 112 Å². The minimum absolute atomic E-state index is 0.0485. The van der Waals surface area contributed by atoms with Crippen LogP contribution >= 0.6 is 0 Å². The molecule has 0 aromatic heterocycles. The van der Waals surface area contributed by atoms with Gasteiger partial charge >= 0.3 is 5.97 Å². The Bertz CT molecular complexity index is 766. The normalized spacial score (nSPS) is 42.0. The predicted molar refractivity (Wildman–Crippen MR) is 129 cm³/mol. The van der Waals surface area contributed by atoms with Crippen molar-refractivity contribution >= 4 is 11.8 Å². The molecule has 0 amide bonds. The van der Waals surface area contributed by atoms with E-state index in [4.69, 9.17) is 4.74 Å². The quantitative estimate of drug-likeness (QED) is 0.411. The van der Waals surface area contributed by atoms with Crippen molar-refractivity contribution < 1.29 is 14.3 Å². The van der Waals surface area contributed by atoms with E-state index in [9.17, 15) is 9.59 Å². The van der Waals surface area contributed by atoms with E-state index in [0.29, 0.717) is 23.0 Å². The standard InChI is InChI=1S/C29H46O3/c1-18(2)8-7-9-19(3)23-10-11-24-27-25(13-15-29(23,24)6)28(5)14-12-22(32-20(4)30)16-21(28)17-26(27)31/h17-19,22-25,27H,7-16H2,1-6H3/t19-,22+,23-,24+,25+,27+,28+,29-/m1/s1. The van der Waals surface area contributed by atoms with Crippen molar-refractivity contribution in [1.29, 1.82) is 0 Å². The molecule has 0 N–H and O–H groups in total. The van der Waals surface area contributed by atoms with E-state index in [1.807, 2.05) is 6.08 Å². The molecule has 0 aromatic carbocycles. The van der Waals surface area contributed by atoms with E-state index in [0.717, 1.165) is 37.0 Å². The molecule has 0 spiro atoms. The summed E-state index contributed by atoms with van der Waals surface area (Å²) >= 11 is 0. The maximum Gasteiger partial charge on any atom is 0.302 e.